The van der Waals surface area contributed by atoms with Crippen LogP contribution in [0, 0.1) is 5.41 Å². The van der Waals surface area contributed by atoms with Crippen molar-refractivity contribution in [1.29, 1.82) is 0 Å². The largest absolute Gasteiger partial charge is 0.392 e. The van der Waals surface area contributed by atoms with E-state index < -0.39 is 5.41 Å². The fourth-order valence-corrected chi connectivity index (χ4v) is 3.27. The number of carbonyl (C=O) groups excluding carboxylic acids is 1. The number of hydrogen-bond acceptors (Lipinski definition) is 2. The van der Waals surface area contributed by atoms with Crippen LogP contribution in [-0.4, -0.2) is 10.9 Å². The molecule has 0 fully saturated rings. The molecule has 0 bridgehead atoms. The van der Waals surface area contributed by atoms with Crippen LogP contribution in [0.1, 0.15) is 45.1 Å². The van der Waals surface area contributed by atoms with Gasteiger partial charge >= 0.3 is 0 Å². The number of nitrogens with one attached hydrogen (secondary N) is 1. The third kappa shape index (κ3) is 4.51. The molecule has 0 aliphatic heterocycles. The summed E-state index contributed by atoms with van der Waals surface area (Å²) in [4.78, 5) is 13.0. The Labute approximate surface area is 140 Å². The summed E-state index contributed by atoms with van der Waals surface area (Å²) in [6.45, 7) is 4.56. The molecule has 116 valence electrons. The van der Waals surface area contributed by atoms with Crippen LogP contribution in [-0.2, 0) is 11.3 Å². The number of halogens is 1. The Morgan fingerprint density at radius 3 is 2.33 bits per heavy atom. The second-order valence-electron chi connectivity index (χ2n) is 5.22. The van der Waals surface area contributed by atoms with Crippen molar-refractivity contribution in [2.24, 2.45) is 11.1 Å². The van der Waals surface area contributed by atoms with Crippen LogP contribution in [0.2, 0.25) is 0 Å². The van der Waals surface area contributed by atoms with Gasteiger partial charge in [0.1, 0.15) is 0 Å². The molecule has 0 saturated carbocycles. The van der Waals surface area contributed by atoms with E-state index >= 15 is 0 Å². The zero-order valence-corrected chi connectivity index (χ0v) is 15.0. The third-order valence-corrected chi connectivity index (χ3v) is 4.82. The van der Waals surface area contributed by atoms with Gasteiger partial charge in [0.25, 0.3) is 0 Å². The topological polar surface area (TPSA) is 55.1 Å². The summed E-state index contributed by atoms with van der Waals surface area (Å²) in [6, 6.07) is 7.83. The minimum Gasteiger partial charge on any atom is -0.392 e. The molecule has 0 unspecified atom stereocenters. The molecule has 0 heterocycles. The quantitative estimate of drug-likeness (QED) is 0.681. The molecule has 0 spiro atoms. The van der Waals surface area contributed by atoms with Gasteiger partial charge in [0.05, 0.1) is 10.4 Å². The van der Waals surface area contributed by atoms with Crippen LogP contribution in [0.25, 0.3) is 0 Å². The highest BCUT2D eigenvalue weighted by atomic mass is 79.9. The molecule has 1 aromatic rings. The van der Waals surface area contributed by atoms with E-state index in [4.69, 9.17) is 18.0 Å². The van der Waals surface area contributed by atoms with E-state index in [1.165, 1.54) is 0 Å². The summed E-state index contributed by atoms with van der Waals surface area (Å²) in [5.74, 6) is -0.0607. The lowest BCUT2D eigenvalue weighted by Gasteiger charge is -2.31. The summed E-state index contributed by atoms with van der Waals surface area (Å²) in [7, 11) is 0. The highest BCUT2D eigenvalue weighted by Crippen LogP contribution is 2.31. The van der Waals surface area contributed by atoms with Crippen molar-refractivity contribution in [3.05, 3.63) is 34.3 Å². The minimum atomic E-state index is -0.722. The third-order valence-electron chi connectivity index (χ3n) is 3.66. The lowest BCUT2D eigenvalue weighted by Crippen LogP contribution is -2.48. The minimum absolute atomic E-state index is 0.0607. The van der Waals surface area contributed by atoms with Crippen LogP contribution in [0.3, 0.4) is 0 Å². The zero-order chi connectivity index (χ0) is 15.9. The van der Waals surface area contributed by atoms with E-state index in [0.29, 0.717) is 24.4 Å². The van der Waals surface area contributed by atoms with Crippen LogP contribution >= 0.6 is 28.1 Å². The first-order valence-corrected chi connectivity index (χ1v) is 8.49. The van der Waals surface area contributed by atoms with Gasteiger partial charge in [-0.05, 0) is 24.5 Å². The number of hydrogen-bond donors (Lipinski definition) is 2. The van der Waals surface area contributed by atoms with E-state index in [0.717, 1.165) is 22.9 Å². The number of nitrogens with two attached hydrogens (primary N) is 1. The van der Waals surface area contributed by atoms with Gasteiger partial charge < -0.3 is 11.1 Å². The second-order valence-corrected chi connectivity index (χ2v) is 6.51. The highest BCUT2D eigenvalue weighted by Gasteiger charge is 2.39. The summed E-state index contributed by atoms with van der Waals surface area (Å²) in [5.41, 5.74) is 6.22. The second kappa shape index (κ2) is 8.49. The molecular formula is C16H23BrN2OS. The van der Waals surface area contributed by atoms with E-state index in [2.05, 4.69) is 21.2 Å². The number of benzene rings is 1. The molecule has 0 radical (unpaired) electrons. The normalized spacial score (nSPS) is 11.2. The van der Waals surface area contributed by atoms with Crippen molar-refractivity contribution in [2.45, 2.75) is 46.1 Å². The van der Waals surface area contributed by atoms with Crippen LogP contribution in [0.5, 0.6) is 0 Å². The molecule has 0 aliphatic rings. The first-order chi connectivity index (χ1) is 9.97. The fourth-order valence-electron chi connectivity index (χ4n) is 2.55. The average Bonchev–Trinajstić information content (AvgIpc) is 2.45. The van der Waals surface area contributed by atoms with Gasteiger partial charge in [-0.25, -0.2) is 0 Å². The molecule has 3 nitrogen and oxygen atoms in total. The van der Waals surface area contributed by atoms with E-state index in [1.807, 2.05) is 38.1 Å². The van der Waals surface area contributed by atoms with Gasteiger partial charge in [-0.1, -0.05) is 73.0 Å². The summed E-state index contributed by atoms with van der Waals surface area (Å²) >= 11 is 8.69. The standard InChI is InChI=1S/C16H23BrN2OS/c1-3-9-16(10-4-2,14(18)21)15(20)19-11-12-7-5-6-8-13(12)17/h5-8H,3-4,9-11H2,1-2H3,(H2,18,21)(H,19,20). The van der Waals surface area contributed by atoms with Crippen molar-refractivity contribution in [3.63, 3.8) is 0 Å². The highest BCUT2D eigenvalue weighted by molar-refractivity contribution is 9.10. The molecule has 1 rings (SSSR count). The average molecular weight is 371 g/mol. The Bertz CT molecular complexity index is 499. The van der Waals surface area contributed by atoms with Gasteiger partial charge in [0.2, 0.25) is 5.91 Å². The Morgan fingerprint density at radius 1 is 1.29 bits per heavy atom. The molecule has 0 aromatic heterocycles. The first-order valence-electron chi connectivity index (χ1n) is 7.29. The maximum absolute atomic E-state index is 12.7. The van der Waals surface area contributed by atoms with Crippen molar-refractivity contribution in [3.8, 4) is 0 Å². The molecule has 0 saturated heterocycles. The molecular weight excluding hydrogens is 348 g/mol. The van der Waals surface area contributed by atoms with Gasteiger partial charge in [0.15, 0.2) is 0 Å². The van der Waals surface area contributed by atoms with E-state index in [-0.39, 0.29) is 5.91 Å². The van der Waals surface area contributed by atoms with Gasteiger partial charge in [-0.2, -0.15) is 0 Å². The monoisotopic (exact) mass is 370 g/mol. The number of amides is 1. The molecule has 1 amide bonds. The predicted octanol–water partition coefficient (Wildman–Crippen LogP) is 3.94. The summed E-state index contributed by atoms with van der Waals surface area (Å²) in [5, 5.41) is 3.00. The van der Waals surface area contributed by atoms with Crippen molar-refractivity contribution >= 4 is 39.0 Å². The molecule has 3 N–H and O–H groups in total. The Morgan fingerprint density at radius 2 is 1.86 bits per heavy atom. The molecule has 21 heavy (non-hydrogen) atoms. The Balaban J connectivity index is 2.86. The number of thiocarbonyl (C=S) groups is 1. The van der Waals surface area contributed by atoms with Gasteiger partial charge in [-0.3, -0.25) is 4.79 Å². The lowest BCUT2D eigenvalue weighted by molar-refractivity contribution is -0.128. The van der Waals surface area contributed by atoms with Gasteiger partial charge in [-0.15, -0.1) is 0 Å². The first kappa shape index (κ1) is 18.1. The molecule has 5 heteroatoms. The van der Waals surface area contributed by atoms with Crippen molar-refractivity contribution in [1.82, 2.24) is 5.32 Å². The van der Waals surface area contributed by atoms with Crippen molar-refractivity contribution in [2.75, 3.05) is 0 Å². The fraction of sp³-hybridized carbons (Fsp3) is 0.500. The number of rotatable bonds is 8. The molecule has 0 atom stereocenters. The molecule has 0 aliphatic carbocycles. The van der Waals surface area contributed by atoms with Crippen molar-refractivity contribution < 1.29 is 4.79 Å². The van der Waals surface area contributed by atoms with Crippen LogP contribution in [0.15, 0.2) is 28.7 Å². The van der Waals surface area contributed by atoms with E-state index in [9.17, 15) is 4.79 Å². The smallest absolute Gasteiger partial charge is 0.233 e. The summed E-state index contributed by atoms with van der Waals surface area (Å²) in [6.07, 6.45) is 3.13. The Kier molecular flexibility index (Phi) is 7.32. The van der Waals surface area contributed by atoms with Crippen LogP contribution in [0.4, 0.5) is 0 Å². The van der Waals surface area contributed by atoms with E-state index in [1.54, 1.807) is 0 Å². The number of carbonyl (C=O) groups is 1. The van der Waals surface area contributed by atoms with Crippen LogP contribution < -0.4 is 11.1 Å². The van der Waals surface area contributed by atoms with Gasteiger partial charge in [0, 0.05) is 11.0 Å². The predicted molar refractivity (Wildman–Crippen MR) is 95.0 cm³/mol. The maximum Gasteiger partial charge on any atom is 0.233 e. The summed E-state index contributed by atoms with van der Waals surface area (Å²) < 4.78 is 0.984. The maximum atomic E-state index is 12.7. The lowest BCUT2D eigenvalue weighted by atomic mass is 9.78. The molecule has 1 aromatic carbocycles. The Hall–Kier alpha value is -0.940. The SMILES string of the molecule is CCCC(CCC)(C(=O)NCc1ccccc1Br)C(N)=S. The zero-order valence-electron chi connectivity index (χ0n) is 12.6.